The molecule has 2 heterocycles. The molecule has 22 heavy (non-hydrogen) atoms. The van der Waals surface area contributed by atoms with Crippen LogP contribution in [0.4, 0.5) is 5.13 Å². The Bertz CT molecular complexity index is 1020. The van der Waals surface area contributed by atoms with Gasteiger partial charge in [-0.15, -0.1) is 11.3 Å². The van der Waals surface area contributed by atoms with Crippen molar-refractivity contribution in [1.82, 2.24) is 4.98 Å². The summed E-state index contributed by atoms with van der Waals surface area (Å²) < 4.78 is 146. The van der Waals surface area contributed by atoms with Crippen molar-refractivity contribution in [3.05, 3.63) is 5.69 Å². The van der Waals surface area contributed by atoms with Crippen LogP contribution >= 0.6 is 11.3 Å². The molecule has 0 unspecified atom stereocenters. The first-order valence-corrected chi connectivity index (χ1v) is 7.26. The molecule has 0 aliphatic carbocycles. The van der Waals surface area contributed by atoms with Crippen molar-refractivity contribution in [3.8, 4) is 0 Å². The van der Waals surface area contributed by atoms with Crippen molar-refractivity contribution in [2.24, 2.45) is 0 Å². The molecule has 0 saturated carbocycles. The van der Waals surface area contributed by atoms with E-state index in [2.05, 4.69) is 4.98 Å². The lowest BCUT2D eigenvalue weighted by atomic mass is 9.84. The second-order valence-electron chi connectivity index (χ2n) is 5.73. The van der Waals surface area contributed by atoms with E-state index in [1.165, 1.54) is 0 Å². The lowest BCUT2D eigenvalue weighted by molar-refractivity contribution is 0.00578. The minimum absolute atomic E-state index is 0.176. The number of thiazole rings is 1. The molecule has 0 aromatic carbocycles. The van der Waals surface area contributed by atoms with Gasteiger partial charge in [0.25, 0.3) is 0 Å². The lowest BCUT2D eigenvalue weighted by Crippen LogP contribution is -2.41. The third kappa shape index (κ3) is 3.06. The zero-order chi connectivity index (χ0) is 31.2. The molecule has 0 bridgehead atoms. The van der Waals surface area contributed by atoms with Crippen LogP contribution < -0.4 is 9.68 Å². The van der Waals surface area contributed by atoms with Crippen molar-refractivity contribution < 1.29 is 32.6 Å². The molecule has 0 N–H and O–H groups in total. The molecule has 1 saturated heterocycles. The van der Waals surface area contributed by atoms with Crippen LogP contribution in [-0.2, 0) is 9.31 Å². The molecule has 0 radical (unpaired) electrons. The third-order valence-electron chi connectivity index (χ3n) is 3.76. The number of rotatable bonds is 5. The van der Waals surface area contributed by atoms with E-state index in [1.54, 1.807) is 27.7 Å². The van der Waals surface area contributed by atoms with Crippen molar-refractivity contribution >= 4 is 28.4 Å². The topological polar surface area (TPSA) is 34.6 Å². The molecule has 1 fully saturated rings. The second kappa shape index (κ2) is 6.14. The predicted molar refractivity (Wildman–Crippen MR) is 95.5 cm³/mol. The molecule has 2 rings (SSSR count). The summed E-state index contributed by atoms with van der Waals surface area (Å²) in [6, 6.07) is 0. The van der Waals surface area contributed by atoms with Gasteiger partial charge in [-0.1, -0.05) is 13.7 Å². The lowest BCUT2D eigenvalue weighted by Gasteiger charge is -2.32. The Morgan fingerprint density at radius 1 is 1.27 bits per heavy atom. The van der Waals surface area contributed by atoms with Gasteiger partial charge in [0.15, 0.2) is 5.13 Å². The van der Waals surface area contributed by atoms with E-state index < -0.39 is 80.2 Å². The van der Waals surface area contributed by atoms with Crippen molar-refractivity contribution in [2.75, 3.05) is 17.9 Å². The van der Waals surface area contributed by atoms with Crippen LogP contribution in [0.25, 0.3) is 0 Å². The van der Waals surface area contributed by atoms with Crippen LogP contribution in [-0.4, -0.2) is 36.3 Å². The Kier molecular flexibility index (Phi) is 1.60. The Labute approximate surface area is 163 Å². The zero-order valence-corrected chi connectivity index (χ0v) is 13.5. The third-order valence-corrected chi connectivity index (χ3v) is 4.82. The largest absolute Gasteiger partial charge is 0.507 e. The molecular formula is C16H29BN2O2S. The first-order chi connectivity index (χ1) is 16.8. The van der Waals surface area contributed by atoms with Gasteiger partial charge in [0, 0.05) is 36.3 Å². The first kappa shape index (κ1) is 5.75. The summed E-state index contributed by atoms with van der Waals surface area (Å²) in [5.74, 6) is -3.53. The van der Waals surface area contributed by atoms with Crippen LogP contribution in [0.3, 0.4) is 0 Å². The molecule has 0 atom stereocenters. The van der Waals surface area contributed by atoms with E-state index in [4.69, 9.17) is 32.6 Å². The second-order valence-corrected chi connectivity index (χ2v) is 6.74. The molecule has 1 aliphatic heterocycles. The normalized spacial score (nSPS) is 35.5. The number of aromatic nitrogens is 1. The zero-order valence-electron chi connectivity index (χ0n) is 29.7. The summed E-state index contributed by atoms with van der Waals surface area (Å²) in [7, 11) is -1.61. The van der Waals surface area contributed by atoms with Gasteiger partial charge in [-0.05, 0) is 47.3 Å². The molecule has 0 spiro atoms. The Morgan fingerprint density at radius 3 is 2.36 bits per heavy atom. The average molecular weight is 341 g/mol. The maximum atomic E-state index is 8.66. The van der Waals surface area contributed by atoms with Crippen LogP contribution in [0.2, 0.25) is 0 Å². The molecular weight excluding hydrogens is 295 g/mol. The van der Waals surface area contributed by atoms with E-state index in [-0.39, 0.29) is 16.2 Å². The van der Waals surface area contributed by atoms with Crippen molar-refractivity contribution in [2.45, 2.75) is 72.2 Å². The monoisotopic (exact) mass is 341 g/mol. The van der Waals surface area contributed by atoms with Crippen molar-refractivity contribution in [1.29, 1.82) is 0 Å². The van der Waals surface area contributed by atoms with Crippen LogP contribution in [0.1, 0.15) is 90.0 Å². The van der Waals surface area contributed by atoms with Gasteiger partial charge in [0.2, 0.25) is 0 Å². The molecule has 0 amide bonds. The smallest absolute Gasteiger partial charge is 0.399 e. The molecule has 6 heteroatoms. The number of nitrogens with zero attached hydrogens (tertiary/aromatic N) is 2. The van der Waals surface area contributed by atoms with Gasteiger partial charge in [-0.2, -0.15) is 0 Å². The summed E-state index contributed by atoms with van der Waals surface area (Å²) >= 11 is 0.176. The Balaban J connectivity index is 3.07. The van der Waals surface area contributed by atoms with Gasteiger partial charge < -0.3 is 14.2 Å². The van der Waals surface area contributed by atoms with Gasteiger partial charge in [-0.25, -0.2) is 4.98 Å². The van der Waals surface area contributed by atoms with E-state index in [0.29, 0.717) is 0 Å². The van der Waals surface area contributed by atoms with E-state index in [1.807, 2.05) is 0 Å². The Hall–Kier alpha value is -0.585. The Morgan fingerprint density at radius 2 is 1.86 bits per heavy atom. The standard InChI is InChI=1S/C16H29BN2O2S/c1-9-19(10-2)14-18-12(11(3)4)13(22-14)17-20-15(5,6)16(7,8)21-17/h11H,9-10H2,1-8H3/i1D3,2D3,3D3,4D3,9D2,10D2,11D. The minimum Gasteiger partial charge on any atom is -0.399 e. The molecule has 1 aromatic rings. The first-order valence-electron chi connectivity index (χ1n) is 14.9. The number of hydrogen-bond acceptors (Lipinski definition) is 5. The van der Waals surface area contributed by atoms with E-state index >= 15 is 0 Å². The summed E-state index contributed by atoms with van der Waals surface area (Å²) in [6.07, 6.45) is 0. The quantitative estimate of drug-likeness (QED) is 0.769. The number of hydrogen-bond donors (Lipinski definition) is 0. The molecule has 4 nitrogen and oxygen atoms in total. The molecule has 124 valence electrons. The van der Waals surface area contributed by atoms with Crippen LogP contribution in [0.5, 0.6) is 0 Å². The average Bonchev–Trinajstić information content (AvgIpc) is 3.15. The summed E-state index contributed by atoms with van der Waals surface area (Å²) in [5, 5.41) is -1.04. The van der Waals surface area contributed by atoms with Gasteiger partial charge in [0.1, 0.15) is 0 Å². The highest BCUT2D eigenvalue weighted by Crippen LogP contribution is 2.38. The van der Waals surface area contributed by atoms with Gasteiger partial charge in [0.05, 0.1) is 21.7 Å². The van der Waals surface area contributed by atoms with Gasteiger partial charge >= 0.3 is 7.12 Å². The summed E-state index contributed by atoms with van der Waals surface area (Å²) in [6.45, 7) is -15.7. The minimum atomic E-state index is -3.77. The van der Waals surface area contributed by atoms with E-state index in [0.717, 1.165) is 0 Å². The SMILES string of the molecule is [2H]C([2H])([2H])C([2H])([2H])N(c1nc(C([2H])(C([2H])([2H])[2H])C([2H])([2H])[2H])c(B2OC(C)(C)C(C)(C)O2)s1)C([2H])([2H])C([2H])([2H])[2H]. The highest BCUT2D eigenvalue weighted by molar-refractivity contribution is 7.25. The summed E-state index contributed by atoms with van der Waals surface area (Å²) in [4.78, 5) is 3.52. The highest BCUT2D eigenvalue weighted by atomic mass is 32.1. The van der Waals surface area contributed by atoms with Crippen LogP contribution in [0.15, 0.2) is 0 Å². The number of anilines is 1. The molecule has 1 aromatic heterocycles. The van der Waals surface area contributed by atoms with Crippen LogP contribution in [0, 0.1) is 0 Å². The maximum absolute atomic E-state index is 8.66. The highest BCUT2D eigenvalue weighted by Gasteiger charge is 2.53. The van der Waals surface area contributed by atoms with Crippen molar-refractivity contribution in [3.63, 3.8) is 0 Å². The maximum Gasteiger partial charge on any atom is 0.507 e. The fourth-order valence-electron chi connectivity index (χ4n) is 1.83. The fourth-order valence-corrected chi connectivity index (χ4v) is 2.78. The fraction of sp³-hybridized carbons (Fsp3) is 0.812. The molecule has 1 aliphatic rings. The van der Waals surface area contributed by atoms with E-state index in [9.17, 15) is 0 Å². The predicted octanol–water partition coefficient (Wildman–Crippen LogP) is 3.41. The van der Waals surface area contributed by atoms with Gasteiger partial charge in [-0.3, -0.25) is 0 Å². The summed E-state index contributed by atoms with van der Waals surface area (Å²) in [5.41, 5.74) is -3.23.